The largest absolute Gasteiger partial charge is 0.516 e. The van der Waals surface area contributed by atoms with Gasteiger partial charge in [0.15, 0.2) is 0 Å². The van der Waals surface area contributed by atoms with Gasteiger partial charge in [-0.2, -0.15) is 0 Å². The predicted molar refractivity (Wildman–Crippen MR) is 72.4 cm³/mol. The van der Waals surface area contributed by atoms with E-state index in [0.717, 1.165) is 44.2 Å². The summed E-state index contributed by atoms with van der Waals surface area (Å²) in [4.78, 5) is 0. The number of allylic oxidation sites excluding steroid dienone is 3. The highest BCUT2D eigenvalue weighted by atomic mass is 16.5. The number of hydrogen-bond acceptors (Lipinski definition) is 2. The zero-order valence-electron chi connectivity index (χ0n) is 11.1. The van der Waals surface area contributed by atoms with Crippen molar-refractivity contribution in [2.75, 3.05) is 13.2 Å². The number of ether oxygens (including phenoxy) is 1. The predicted octanol–water partition coefficient (Wildman–Crippen LogP) is 3.99. The Morgan fingerprint density at radius 1 is 1.44 bits per heavy atom. The molecule has 0 aromatic rings. The Morgan fingerprint density at radius 2 is 2.39 bits per heavy atom. The molecular weight excluding hydrogens is 224 g/mol. The van der Waals surface area contributed by atoms with E-state index in [9.17, 15) is 0 Å². The molecule has 18 heavy (non-hydrogen) atoms. The maximum atomic E-state index is 8.55. The third kappa shape index (κ3) is 2.49. The van der Waals surface area contributed by atoms with Crippen molar-refractivity contribution in [2.45, 2.75) is 44.9 Å². The first-order chi connectivity index (χ1) is 8.80. The average Bonchev–Trinajstić information content (AvgIpc) is 2.32. The first-order valence-electron chi connectivity index (χ1n) is 7.36. The number of aliphatic hydroxyl groups is 1. The Kier molecular flexibility index (Phi) is 3.47. The molecule has 0 radical (unpaired) electrons. The van der Waals surface area contributed by atoms with E-state index in [1.54, 1.807) is 11.6 Å². The van der Waals surface area contributed by atoms with Crippen LogP contribution in [0.1, 0.15) is 44.9 Å². The van der Waals surface area contributed by atoms with Gasteiger partial charge in [-0.1, -0.05) is 17.7 Å². The molecule has 2 heteroatoms. The van der Waals surface area contributed by atoms with Crippen LogP contribution in [-0.2, 0) is 4.74 Å². The summed E-state index contributed by atoms with van der Waals surface area (Å²) in [6.45, 7) is 1.79. The zero-order chi connectivity index (χ0) is 12.4. The summed E-state index contributed by atoms with van der Waals surface area (Å²) in [6, 6.07) is 0. The molecule has 0 spiro atoms. The molecule has 4 rings (SSSR count). The van der Waals surface area contributed by atoms with Gasteiger partial charge < -0.3 is 9.84 Å². The molecule has 0 saturated heterocycles. The molecule has 3 atom stereocenters. The molecule has 2 saturated carbocycles. The van der Waals surface area contributed by atoms with Crippen LogP contribution in [0.5, 0.6) is 0 Å². The van der Waals surface area contributed by atoms with Crippen LogP contribution in [0, 0.1) is 17.3 Å². The Bertz CT molecular complexity index is 358. The van der Waals surface area contributed by atoms with E-state index in [4.69, 9.17) is 9.84 Å². The molecule has 2 nitrogen and oxygen atoms in total. The number of aliphatic hydroxyl groups excluding tert-OH is 1. The van der Waals surface area contributed by atoms with Crippen LogP contribution < -0.4 is 0 Å². The fourth-order valence-electron chi connectivity index (χ4n) is 4.49. The van der Waals surface area contributed by atoms with Crippen LogP contribution in [0.15, 0.2) is 24.0 Å². The molecule has 100 valence electrons. The van der Waals surface area contributed by atoms with Crippen LogP contribution in [0.3, 0.4) is 0 Å². The minimum atomic E-state index is 0.489. The summed E-state index contributed by atoms with van der Waals surface area (Å²) in [7, 11) is 0. The van der Waals surface area contributed by atoms with Gasteiger partial charge in [0.2, 0.25) is 0 Å². The van der Waals surface area contributed by atoms with E-state index in [1.807, 2.05) is 0 Å². The van der Waals surface area contributed by atoms with E-state index in [-0.39, 0.29) is 0 Å². The normalized spacial score (nSPS) is 37.4. The molecule has 3 unspecified atom stereocenters. The van der Waals surface area contributed by atoms with Crippen LogP contribution >= 0.6 is 0 Å². The maximum Gasteiger partial charge on any atom is 0.0751 e. The molecule has 0 amide bonds. The quantitative estimate of drug-likeness (QED) is 0.437. The van der Waals surface area contributed by atoms with Gasteiger partial charge in [-0.25, -0.2) is 0 Å². The second-order valence-electron chi connectivity index (χ2n) is 6.56. The van der Waals surface area contributed by atoms with E-state index < -0.39 is 0 Å². The topological polar surface area (TPSA) is 29.5 Å². The summed E-state index contributed by atoms with van der Waals surface area (Å²) in [6.07, 6.45) is 14.3. The summed E-state index contributed by atoms with van der Waals surface area (Å²) in [5, 5.41) is 8.55. The van der Waals surface area contributed by atoms with Crippen LogP contribution in [0.4, 0.5) is 0 Å². The van der Waals surface area contributed by atoms with Crippen molar-refractivity contribution < 1.29 is 9.84 Å². The zero-order valence-corrected chi connectivity index (χ0v) is 11.1. The van der Waals surface area contributed by atoms with Gasteiger partial charge >= 0.3 is 0 Å². The molecule has 2 fully saturated rings. The van der Waals surface area contributed by atoms with Crippen molar-refractivity contribution in [3.63, 3.8) is 0 Å². The molecule has 0 aromatic carbocycles. The second kappa shape index (κ2) is 5.08. The maximum absolute atomic E-state index is 8.55. The molecule has 0 aliphatic heterocycles. The van der Waals surface area contributed by atoms with Crippen LogP contribution in [0.2, 0.25) is 0 Å². The summed E-state index contributed by atoms with van der Waals surface area (Å²) >= 11 is 0. The van der Waals surface area contributed by atoms with Crippen molar-refractivity contribution in [3.05, 3.63) is 24.0 Å². The standard InChI is InChI=1S/C16H24O2/c17-4-2-1-3-5-18-12-16-9-13-6-14(10-16)8-15(7-13)11-16/h2,4,6,13,15,17H,1,3,5,7-12H2/b4-2+. The van der Waals surface area contributed by atoms with Gasteiger partial charge in [-0.05, 0) is 62.2 Å². The highest BCUT2D eigenvalue weighted by Crippen LogP contribution is 2.57. The molecule has 4 aliphatic carbocycles. The van der Waals surface area contributed by atoms with Crippen molar-refractivity contribution in [3.8, 4) is 0 Å². The monoisotopic (exact) mass is 248 g/mol. The minimum absolute atomic E-state index is 0.489. The van der Waals surface area contributed by atoms with Gasteiger partial charge in [-0.15, -0.1) is 0 Å². The van der Waals surface area contributed by atoms with Crippen molar-refractivity contribution >= 4 is 0 Å². The Balaban J connectivity index is 1.47. The van der Waals surface area contributed by atoms with Crippen molar-refractivity contribution in [1.82, 2.24) is 0 Å². The van der Waals surface area contributed by atoms with Gasteiger partial charge in [0.25, 0.3) is 0 Å². The van der Waals surface area contributed by atoms with Crippen LogP contribution in [-0.4, -0.2) is 18.3 Å². The molecule has 1 N–H and O–H groups in total. The van der Waals surface area contributed by atoms with Gasteiger partial charge in [0, 0.05) is 6.61 Å². The molecular formula is C16H24O2. The molecule has 0 aromatic heterocycles. The Labute approximate surface area is 110 Å². The Morgan fingerprint density at radius 3 is 3.17 bits per heavy atom. The molecule has 0 heterocycles. The number of unbranched alkanes of at least 4 members (excludes halogenated alkanes) is 1. The fourth-order valence-corrected chi connectivity index (χ4v) is 4.49. The molecule has 4 aliphatic rings. The highest BCUT2D eigenvalue weighted by Gasteiger charge is 2.47. The minimum Gasteiger partial charge on any atom is -0.516 e. The summed E-state index contributed by atoms with van der Waals surface area (Å²) in [5.74, 6) is 1.82. The number of rotatable bonds is 6. The van der Waals surface area contributed by atoms with E-state index in [1.165, 1.54) is 32.1 Å². The fraction of sp³-hybridized carbons (Fsp3) is 0.750. The SMILES string of the molecule is O/C=C/CCCOCC12CC3=CC(CC(C3)C1)C2. The van der Waals surface area contributed by atoms with Crippen molar-refractivity contribution in [1.29, 1.82) is 0 Å². The lowest BCUT2D eigenvalue weighted by Crippen LogP contribution is -2.43. The first-order valence-corrected chi connectivity index (χ1v) is 7.36. The first kappa shape index (κ1) is 12.3. The van der Waals surface area contributed by atoms with Gasteiger partial charge in [-0.3, -0.25) is 0 Å². The second-order valence-corrected chi connectivity index (χ2v) is 6.56. The Hall–Kier alpha value is -0.760. The summed E-state index contributed by atoms with van der Waals surface area (Å²) < 4.78 is 5.92. The average molecular weight is 248 g/mol. The lowest BCUT2D eigenvalue weighted by molar-refractivity contribution is -0.0265. The third-order valence-corrected chi connectivity index (χ3v) is 4.85. The number of hydrogen-bond donors (Lipinski definition) is 1. The van der Waals surface area contributed by atoms with Gasteiger partial charge in [0.1, 0.15) is 0 Å². The highest BCUT2D eigenvalue weighted by molar-refractivity contribution is 5.21. The lowest BCUT2D eigenvalue weighted by atomic mass is 9.54. The third-order valence-electron chi connectivity index (χ3n) is 4.85. The van der Waals surface area contributed by atoms with Crippen molar-refractivity contribution in [2.24, 2.45) is 17.3 Å². The van der Waals surface area contributed by atoms with Gasteiger partial charge in [0.05, 0.1) is 12.9 Å². The molecule has 4 bridgehead atoms. The smallest absolute Gasteiger partial charge is 0.0751 e. The van der Waals surface area contributed by atoms with E-state index in [0.29, 0.717) is 5.41 Å². The van der Waals surface area contributed by atoms with Crippen LogP contribution in [0.25, 0.3) is 0 Å². The summed E-state index contributed by atoms with van der Waals surface area (Å²) in [5.41, 5.74) is 2.21. The van der Waals surface area contributed by atoms with E-state index in [2.05, 4.69) is 6.08 Å². The lowest BCUT2D eigenvalue weighted by Gasteiger charge is -2.52. The van der Waals surface area contributed by atoms with E-state index >= 15 is 0 Å².